The van der Waals surface area contributed by atoms with Gasteiger partial charge in [0.15, 0.2) is 0 Å². The second-order valence-electron chi connectivity index (χ2n) is 8.91. The molecule has 3 rings (SSSR count). The van der Waals surface area contributed by atoms with Gasteiger partial charge in [0.25, 0.3) is 0 Å². The molecule has 24 heavy (non-hydrogen) atoms. The number of aliphatic hydroxyl groups excluding tert-OH is 1. The SMILES string of the molecule is CC(C)(C(=O)NC1CCN(C2CCCCC2O)CC1)C1CCCC1. The van der Waals surface area contributed by atoms with Gasteiger partial charge in [0, 0.05) is 30.6 Å². The molecule has 4 nitrogen and oxygen atoms in total. The van der Waals surface area contributed by atoms with Gasteiger partial charge in [0.1, 0.15) is 0 Å². The molecular weight excluding hydrogens is 300 g/mol. The highest BCUT2D eigenvalue weighted by atomic mass is 16.3. The topological polar surface area (TPSA) is 52.6 Å². The van der Waals surface area contributed by atoms with Crippen LogP contribution in [0.2, 0.25) is 0 Å². The predicted octanol–water partition coefficient (Wildman–Crippen LogP) is 3.09. The smallest absolute Gasteiger partial charge is 0.226 e. The first-order valence-corrected chi connectivity index (χ1v) is 10.2. The van der Waals surface area contributed by atoms with E-state index in [0.717, 1.165) is 38.8 Å². The van der Waals surface area contributed by atoms with Crippen LogP contribution < -0.4 is 5.32 Å². The number of amides is 1. The molecule has 0 spiro atoms. The maximum atomic E-state index is 12.8. The normalized spacial score (nSPS) is 31.3. The van der Waals surface area contributed by atoms with Crippen LogP contribution in [0.3, 0.4) is 0 Å². The highest BCUT2D eigenvalue weighted by Crippen LogP contribution is 2.40. The molecule has 1 heterocycles. The highest BCUT2D eigenvalue weighted by molar-refractivity contribution is 5.82. The first kappa shape index (κ1) is 18.2. The standard InChI is InChI=1S/C20H36N2O2/c1-20(2,15-7-3-4-8-15)19(24)21-16-11-13-22(14-12-16)17-9-5-6-10-18(17)23/h15-18,23H,3-14H2,1-2H3,(H,21,24). The van der Waals surface area contributed by atoms with E-state index in [1.54, 1.807) is 0 Å². The molecule has 2 unspecified atom stereocenters. The van der Waals surface area contributed by atoms with Crippen LogP contribution in [0.4, 0.5) is 0 Å². The van der Waals surface area contributed by atoms with Gasteiger partial charge in [-0.05, 0) is 44.4 Å². The Balaban J connectivity index is 1.47. The number of nitrogens with zero attached hydrogens (tertiary/aromatic N) is 1. The monoisotopic (exact) mass is 336 g/mol. The van der Waals surface area contributed by atoms with Gasteiger partial charge < -0.3 is 10.4 Å². The lowest BCUT2D eigenvalue weighted by molar-refractivity contribution is -0.133. The molecule has 138 valence electrons. The van der Waals surface area contributed by atoms with Crippen LogP contribution in [-0.4, -0.2) is 47.2 Å². The third kappa shape index (κ3) is 3.96. The largest absolute Gasteiger partial charge is 0.391 e. The molecule has 2 N–H and O–H groups in total. The molecule has 0 aromatic rings. The van der Waals surface area contributed by atoms with Crippen LogP contribution in [0.1, 0.15) is 78.1 Å². The minimum Gasteiger partial charge on any atom is -0.391 e. The summed E-state index contributed by atoms with van der Waals surface area (Å²) in [4.78, 5) is 15.3. The van der Waals surface area contributed by atoms with E-state index in [1.165, 1.54) is 38.5 Å². The fraction of sp³-hybridized carbons (Fsp3) is 0.950. The zero-order valence-corrected chi connectivity index (χ0v) is 15.6. The number of hydrogen-bond donors (Lipinski definition) is 2. The van der Waals surface area contributed by atoms with E-state index in [2.05, 4.69) is 24.1 Å². The predicted molar refractivity (Wildman–Crippen MR) is 96.7 cm³/mol. The lowest BCUT2D eigenvalue weighted by Crippen LogP contribution is -2.54. The van der Waals surface area contributed by atoms with Crippen LogP contribution in [0.15, 0.2) is 0 Å². The molecule has 3 fully saturated rings. The summed E-state index contributed by atoms with van der Waals surface area (Å²) in [7, 11) is 0. The Labute approximate surface area is 147 Å². The molecule has 2 atom stereocenters. The molecule has 0 aromatic heterocycles. The minimum atomic E-state index is -0.229. The highest BCUT2D eigenvalue weighted by Gasteiger charge is 2.39. The van der Waals surface area contributed by atoms with Gasteiger partial charge in [-0.25, -0.2) is 0 Å². The van der Waals surface area contributed by atoms with E-state index < -0.39 is 0 Å². The Kier molecular flexibility index (Phi) is 5.86. The van der Waals surface area contributed by atoms with Crippen LogP contribution in [0.25, 0.3) is 0 Å². The molecule has 1 amide bonds. The number of rotatable bonds is 4. The first-order valence-electron chi connectivity index (χ1n) is 10.2. The summed E-state index contributed by atoms with van der Waals surface area (Å²) in [5.41, 5.74) is -0.229. The number of aliphatic hydroxyl groups is 1. The van der Waals surface area contributed by atoms with E-state index >= 15 is 0 Å². The number of piperidine rings is 1. The molecule has 4 heteroatoms. The average Bonchev–Trinajstić information content (AvgIpc) is 3.11. The maximum absolute atomic E-state index is 12.8. The van der Waals surface area contributed by atoms with Crippen molar-refractivity contribution in [2.45, 2.75) is 96.2 Å². The summed E-state index contributed by atoms with van der Waals surface area (Å²) in [5, 5.41) is 13.6. The Morgan fingerprint density at radius 2 is 1.54 bits per heavy atom. The second kappa shape index (κ2) is 7.74. The van der Waals surface area contributed by atoms with Crippen molar-refractivity contribution in [3.8, 4) is 0 Å². The Bertz CT molecular complexity index is 423. The summed E-state index contributed by atoms with van der Waals surface area (Å²) in [6.45, 7) is 6.28. The molecular formula is C20H36N2O2. The van der Waals surface area contributed by atoms with Gasteiger partial charge >= 0.3 is 0 Å². The Morgan fingerprint density at radius 1 is 0.958 bits per heavy atom. The summed E-state index contributed by atoms with van der Waals surface area (Å²) in [6, 6.07) is 0.667. The third-order valence-corrected chi connectivity index (χ3v) is 6.99. The van der Waals surface area contributed by atoms with Crippen molar-refractivity contribution in [3.05, 3.63) is 0 Å². The number of hydrogen-bond acceptors (Lipinski definition) is 3. The molecule has 0 bridgehead atoms. The van der Waals surface area contributed by atoms with Crippen molar-refractivity contribution in [2.75, 3.05) is 13.1 Å². The lowest BCUT2D eigenvalue weighted by atomic mass is 9.76. The fourth-order valence-corrected chi connectivity index (χ4v) is 5.10. The lowest BCUT2D eigenvalue weighted by Gasteiger charge is -2.42. The van der Waals surface area contributed by atoms with Gasteiger partial charge in [-0.1, -0.05) is 39.5 Å². The molecule has 1 aliphatic heterocycles. The molecule has 0 radical (unpaired) electrons. The Hall–Kier alpha value is -0.610. The fourth-order valence-electron chi connectivity index (χ4n) is 5.10. The zero-order chi connectivity index (χ0) is 17.2. The molecule has 0 aromatic carbocycles. The number of nitrogens with one attached hydrogen (secondary N) is 1. The van der Waals surface area contributed by atoms with Gasteiger partial charge in [-0.2, -0.15) is 0 Å². The minimum absolute atomic E-state index is 0.147. The second-order valence-corrected chi connectivity index (χ2v) is 8.91. The number of carbonyl (C=O) groups is 1. The van der Waals surface area contributed by atoms with Crippen molar-refractivity contribution in [1.29, 1.82) is 0 Å². The molecule has 2 saturated carbocycles. The summed E-state index contributed by atoms with van der Waals surface area (Å²) >= 11 is 0. The zero-order valence-electron chi connectivity index (χ0n) is 15.6. The summed E-state index contributed by atoms with van der Waals surface area (Å²) in [5.74, 6) is 0.806. The summed E-state index contributed by atoms with van der Waals surface area (Å²) < 4.78 is 0. The molecule has 1 saturated heterocycles. The van der Waals surface area contributed by atoms with Crippen molar-refractivity contribution in [3.63, 3.8) is 0 Å². The van der Waals surface area contributed by atoms with Gasteiger partial charge in [0.05, 0.1) is 6.10 Å². The van der Waals surface area contributed by atoms with Crippen LogP contribution in [-0.2, 0) is 4.79 Å². The van der Waals surface area contributed by atoms with E-state index in [0.29, 0.717) is 18.0 Å². The average molecular weight is 337 g/mol. The van der Waals surface area contributed by atoms with Crippen molar-refractivity contribution >= 4 is 5.91 Å². The van der Waals surface area contributed by atoms with Crippen LogP contribution >= 0.6 is 0 Å². The van der Waals surface area contributed by atoms with E-state index in [1.807, 2.05) is 0 Å². The molecule has 2 aliphatic carbocycles. The number of carbonyl (C=O) groups excluding carboxylic acids is 1. The molecule has 3 aliphatic rings. The first-order chi connectivity index (χ1) is 11.5. The van der Waals surface area contributed by atoms with Crippen molar-refractivity contribution in [2.24, 2.45) is 11.3 Å². The number of likely N-dealkylation sites (tertiary alicyclic amines) is 1. The van der Waals surface area contributed by atoms with Crippen molar-refractivity contribution < 1.29 is 9.90 Å². The van der Waals surface area contributed by atoms with Gasteiger partial charge in [-0.3, -0.25) is 9.69 Å². The van der Waals surface area contributed by atoms with Gasteiger partial charge in [-0.15, -0.1) is 0 Å². The van der Waals surface area contributed by atoms with Crippen molar-refractivity contribution in [1.82, 2.24) is 10.2 Å². The van der Waals surface area contributed by atoms with Crippen LogP contribution in [0.5, 0.6) is 0 Å². The summed E-state index contributed by atoms with van der Waals surface area (Å²) in [6.07, 6.45) is 11.4. The Morgan fingerprint density at radius 3 is 2.17 bits per heavy atom. The van der Waals surface area contributed by atoms with Crippen LogP contribution in [0, 0.1) is 11.3 Å². The van der Waals surface area contributed by atoms with Gasteiger partial charge in [0.2, 0.25) is 5.91 Å². The maximum Gasteiger partial charge on any atom is 0.226 e. The van der Waals surface area contributed by atoms with E-state index in [9.17, 15) is 9.90 Å². The third-order valence-electron chi connectivity index (χ3n) is 6.99. The quantitative estimate of drug-likeness (QED) is 0.829. The van der Waals surface area contributed by atoms with E-state index in [4.69, 9.17) is 0 Å². The van der Waals surface area contributed by atoms with E-state index in [-0.39, 0.29) is 17.4 Å².